The predicted molar refractivity (Wildman–Crippen MR) is 96.0 cm³/mol. The lowest BCUT2D eigenvalue weighted by atomic mass is 9.73. The summed E-state index contributed by atoms with van der Waals surface area (Å²) in [5.41, 5.74) is 0.219. The molecule has 4 rings (SSSR count). The smallest absolute Gasteiger partial charge is 0.392 e. The third-order valence-electron chi connectivity index (χ3n) is 5.69. The van der Waals surface area contributed by atoms with Gasteiger partial charge in [0.25, 0.3) is 0 Å². The molecule has 0 aliphatic carbocycles. The second-order valence-corrected chi connectivity index (χ2v) is 7.24. The van der Waals surface area contributed by atoms with Crippen molar-refractivity contribution in [3.05, 3.63) is 52.3 Å². The van der Waals surface area contributed by atoms with Gasteiger partial charge in [-0.25, -0.2) is 9.89 Å². The number of hydrogen-bond donors (Lipinski definition) is 2. The third kappa shape index (κ3) is 3.27. The number of carbonyl (C=O) groups is 2. The van der Waals surface area contributed by atoms with Gasteiger partial charge in [0.15, 0.2) is 0 Å². The van der Waals surface area contributed by atoms with E-state index in [0.29, 0.717) is 51.2 Å². The van der Waals surface area contributed by atoms with E-state index in [2.05, 4.69) is 15.5 Å². The molecule has 0 bridgehead atoms. The molecule has 8 heteroatoms. The minimum absolute atomic E-state index is 0.0124. The van der Waals surface area contributed by atoms with E-state index in [-0.39, 0.29) is 17.7 Å². The molecule has 2 saturated heterocycles. The molecule has 2 aliphatic heterocycles. The van der Waals surface area contributed by atoms with Crippen LogP contribution in [0, 0.1) is 0 Å². The molecule has 2 amide bonds. The summed E-state index contributed by atoms with van der Waals surface area (Å²) < 4.78 is 5.06. The Balaban J connectivity index is 1.53. The third-order valence-corrected chi connectivity index (χ3v) is 5.69. The average Bonchev–Trinajstić information content (AvgIpc) is 3.15. The van der Waals surface area contributed by atoms with Gasteiger partial charge in [0.1, 0.15) is 0 Å². The molecule has 3 heterocycles. The highest BCUT2D eigenvalue weighted by Crippen LogP contribution is 2.36. The van der Waals surface area contributed by atoms with Crippen LogP contribution in [0.4, 0.5) is 0 Å². The van der Waals surface area contributed by atoms with E-state index in [4.69, 9.17) is 4.42 Å². The second-order valence-electron chi connectivity index (χ2n) is 7.24. The molecule has 1 aromatic carbocycles. The van der Waals surface area contributed by atoms with Gasteiger partial charge in [0.2, 0.25) is 17.7 Å². The van der Waals surface area contributed by atoms with Crippen molar-refractivity contribution in [3.8, 4) is 0 Å². The fourth-order valence-electron chi connectivity index (χ4n) is 4.11. The zero-order chi connectivity index (χ0) is 18.9. The van der Waals surface area contributed by atoms with Gasteiger partial charge >= 0.3 is 5.76 Å². The summed E-state index contributed by atoms with van der Waals surface area (Å²) in [5.74, 6) is -0.0664. The van der Waals surface area contributed by atoms with E-state index in [0.717, 1.165) is 5.56 Å². The molecule has 1 unspecified atom stereocenters. The summed E-state index contributed by atoms with van der Waals surface area (Å²) in [4.78, 5) is 38.2. The van der Waals surface area contributed by atoms with Gasteiger partial charge in [0.05, 0.1) is 5.41 Å². The Morgan fingerprint density at radius 1 is 1.19 bits per heavy atom. The van der Waals surface area contributed by atoms with Gasteiger partial charge in [-0.05, 0) is 24.8 Å². The number of amides is 2. The number of nitrogens with one attached hydrogen (secondary N) is 2. The molecule has 2 N–H and O–H groups in total. The molecular weight excluding hydrogens is 348 g/mol. The number of benzene rings is 1. The van der Waals surface area contributed by atoms with Gasteiger partial charge in [-0.1, -0.05) is 30.3 Å². The first-order valence-corrected chi connectivity index (χ1v) is 9.25. The molecule has 0 saturated carbocycles. The number of carbonyl (C=O) groups excluding carboxylic acids is 2. The Bertz CT molecular complexity index is 870. The van der Waals surface area contributed by atoms with Gasteiger partial charge in [0, 0.05) is 32.0 Å². The summed E-state index contributed by atoms with van der Waals surface area (Å²) >= 11 is 0. The Morgan fingerprint density at radius 2 is 1.93 bits per heavy atom. The molecule has 8 nitrogen and oxygen atoms in total. The van der Waals surface area contributed by atoms with Crippen LogP contribution < -0.4 is 11.1 Å². The second kappa shape index (κ2) is 7.02. The highest BCUT2D eigenvalue weighted by atomic mass is 16.4. The maximum Gasteiger partial charge on any atom is 0.434 e. The van der Waals surface area contributed by atoms with Crippen LogP contribution in [0.15, 0.2) is 39.5 Å². The topological polar surface area (TPSA) is 108 Å². The standard InChI is InChI=1S/C19H22N4O4/c24-15-6-9-19(12-20-15,14-4-2-1-3-5-14)17(25)23-10-7-13(8-11-23)16-21-22-18(26)27-16/h1-5,13H,6-12H2,(H,20,24)(H,22,26). The summed E-state index contributed by atoms with van der Waals surface area (Å²) in [6.45, 7) is 1.47. The first-order chi connectivity index (χ1) is 13.1. The molecule has 1 aromatic heterocycles. The Hall–Kier alpha value is -2.90. The minimum Gasteiger partial charge on any atom is -0.392 e. The van der Waals surface area contributed by atoms with Crippen LogP contribution in [0.5, 0.6) is 0 Å². The summed E-state index contributed by atoms with van der Waals surface area (Å²) in [7, 11) is 0. The van der Waals surface area contributed by atoms with Crippen molar-refractivity contribution in [3.63, 3.8) is 0 Å². The number of nitrogens with zero attached hydrogens (tertiary/aromatic N) is 2. The maximum absolute atomic E-state index is 13.5. The number of piperidine rings is 2. The number of aromatic amines is 1. The lowest BCUT2D eigenvalue weighted by Gasteiger charge is -2.42. The fourth-order valence-corrected chi connectivity index (χ4v) is 4.11. The van der Waals surface area contributed by atoms with Crippen LogP contribution in [-0.4, -0.2) is 46.5 Å². The van der Waals surface area contributed by atoms with Crippen LogP contribution in [0.25, 0.3) is 0 Å². The maximum atomic E-state index is 13.5. The molecule has 142 valence electrons. The molecule has 27 heavy (non-hydrogen) atoms. The van der Waals surface area contributed by atoms with E-state index < -0.39 is 11.2 Å². The quantitative estimate of drug-likeness (QED) is 0.835. The molecule has 2 aromatic rings. The number of H-pyrrole nitrogens is 1. The van der Waals surface area contributed by atoms with E-state index in [1.54, 1.807) is 0 Å². The predicted octanol–water partition coefficient (Wildman–Crippen LogP) is 0.917. The number of rotatable bonds is 3. The van der Waals surface area contributed by atoms with Crippen molar-refractivity contribution in [1.29, 1.82) is 0 Å². The lowest BCUT2D eigenvalue weighted by molar-refractivity contribution is -0.141. The Morgan fingerprint density at radius 3 is 2.52 bits per heavy atom. The Kier molecular flexibility index (Phi) is 4.55. The molecular formula is C19H22N4O4. The van der Waals surface area contributed by atoms with Crippen LogP contribution in [0.3, 0.4) is 0 Å². The number of hydrogen-bond acceptors (Lipinski definition) is 5. The highest BCUT2D eigenvalue weighted by molar-refractivity contribution is 5.91. The van der Waals surface area contributed by atoms with E-state index in [1.807, 2.05) is 35.2 Å². The van der Waals surface area contributed by atoms with Crippen molar-refractivity contribution in [2.45, 2.75) is 37.0 Å². The van der Waals surface area contributed by atoms with Crippen molar-refractivity contribution >= 4 is 11.8 Å². The zero-order valence-electron chi connectivity index (χ0n) is 14.9. The van der Waals surface area contributed by atoms with Gasteiger partial charge in [-0.3, -0.25) is 9.59 Å². The first kappa shape index (κ1) is 17.5. The van der Waals surface area contributed by atoms with Crippen LogP contribution in [0.2, 0.25) is 0 Å². The Labute approximate surface area is 155 Å². The van der Waals surface area contributed by atoms with Gasteiger partial charge in [-0.2, -0.15) is 0 Å². The van der Waals surface area contributed by atoms with Crippen LogP contribution in [-0.2, 0) is 15.0 Å². The molecule has 2 fully saturated rings. The molecule has 1 atom stereocenters. The number of aromatic nitrogens is 2. The SMILES string of the molecule is O=C1CCC(C(=O)N2CCC(c3n[nH]c(=O)o3)CC2)(c2ccccc2)CN1. The molecule has 0 spiro atoms. The molecule has 0 radical (unpaired) electrons. The zero-order valence-corrected chi connectivity index (χ0v) is 14.9. The normalized spacial score (nSPS) is 23.9. The van der Waals surface area contributed by atoms with Crippen molar-refractivity contribution in [2.24, 2.45) is 0 Å². The fraction of sp³-hybridized carbons (Fsp3) is 0.474. The van der Waals surface area contributed by atoms with Crippen LogP contribution in [0.1, 0.15) is 43.1 Å². The first-order valence-electron chi connectivity index (χ1n) is 9.25. The van der Waals surface area contributed by atoms with Crippen LogP contribution >= 0.6 is 0 Å². The summed E-state index contributed by atoms with van der Waals surface area (Å²) in [5, 5.41) is 9.08. The number of likely N-dealkylation sites (tertiary alicyclic amines) is 1. The van der Waals surface area contributed by atoms with Crippen molar-refractivity contribution in [2.75, 3.05) is 19.6 Å². The van der Waals surface area contributed by atoms with E-state index >= 15 is 0 Å². The summed E-state index contributed by atoms with van der Waals surface area (Å²) in [6.07, 6.45) is 2.24. The van der Waals surface area contributed by atoms with Crippen molar-refractivity contribution in [1.82, 2.24) is 20.4 Å². The van der Waals surface area contributed by atoms with E-state index in [9.17, 15) is 14.4 Å². The monoisotopic (exact) mass is 370 g/mol. The van der Waals surface area contributed by atoms with E-state index in [1.165, 1.54) is 0 Å². The average molecular weight is 370 g/mol. The minimum atomic E-state index is -0.721. The summed E-state index contributed by atoms with van der Waals surface area (Å²) in [6, 6.07) is 9.69. The van der Waals surface area contributed by atoms with Gasteiger partial charge in [-0.15, -0.1) is 5.10 Å². The van der Waals surface area contributed by atoms with Crippen molar-refractivity contribution < 1.29 is 14.0 Å². The largest absolute Gasteiger partial charge is 0.434 e. The van der Waals surface area contributed by atoms with Gasteiger partial charge < -0.3 is 14.6 Å². The highest BCUT2D eigenvalue weighted by Gasteiger charge is 2.46. The molecule has 2 aliphatic rings. The lowest BCUT2D eigenvalue weighted by Crippen LogP contribution is -2.57.